The molecule has 2 aromatic carbocycles. The standard InChI is InChI=1S/C22H27FN2O2/c1-27-21-5-3-2-4-19(21)15-24-22(26)16-25-12-10-18(11-13-25)14-17-6-8-20(23)9-7-17/h2-9,18H,10-16H2,1H3,(H,24,26). The van der Waals surface area contributed by atoms with Crippen LogP contribution in [0.3, 0.4) is 0 Å². The van der Waals surface area contributed by atoms with Crippen LogP contribution in [0.4, 0.5) is 4.39 Å². The minimum Gasteiger partial charge on any atom is -0.496 e. The Morgan fingerprint density at radius 3 is 2.56 bits per heavy atom. The van der Waals surface area contributed by atoms with Gasteiger partial charge < -0.3 is 10.1 Å². The van der Waals surface area contributed by atoms with Crippen molar-refractivity contribution < 1.29 is 13.9 Å². The number of rotatable bonds is 7. The Labute approximate surface area is 160 Å². The molecule has 5 heteroatoms. The average Bonchev–Trinajstić information content (AvgIpc) is 2.70. The van der Waals surface area contributed by atoms with E-state index in [1.165, 1.54) is 17.7 Å². The molecule has 1 N–H and O–H groups in total. The molecule has 0 unspecified atom stereocenters. The number of amides is 1. The summed E-state index contributed by atoms with van der Waals surface area (Å²) in [5, 5.41) is 2.98. The zero-order chi connectivity index (χ0) is 19.1. The maximum atomic E-state index is 13.0. The van der Waals surface area contributed by atoms with Crippen molar-refractivity contribution in [2.75, 3.05) is 26.7 Å². The fourth-order valence-corrected chi connectivity index (χ4v) is 3.60. The molecule has 1 aliphatic heterocycles. The van der Waals surface area contributed by atoms with Crippen molar-refractivity contribution in [2.45, 2.75) is 25.8 Å². The number of carbonyl (C=O) groups excluding carboxylic acids is 1. The van der Waals surface area contributed by atoms with Crippen LogP contribution in [0.1, 0.15) is 24.0 Å². The van der Waals surface area contributed by atoms with E-state index in [1.807, 2.05) is 36.4 Å². The van der Waals surface area contributed by atoms with E-state index in [2.05, 4.69) is 10.2 Å². The van der Waals surface area contributed by atoms with Gasteiger partial charge >= 0.3 is 0 Å². The van der Waals surface area contributed by atoms with Gasteiger partial charge in [0.2, 0.25) is 5.91 Å². The number of carbonyl (C=O) groups is 1. The first-order valence-corrected chi connectivity index (χ1v) is 9.49. The van der Waals surface area contributed by atoms with Gasteiger partial charge in [-0.3, -0.25) is 9.69 Å². The van der Waals surface area contributed by atoms with Crippen LogP contribution < -0.4 is 10.1 Å². The van der Waals surface area contributed by atoms with E-state index in [-0.39, 0.29) is 11.7 Å². The monoisotopic (exact) mass is 370 g/mol. The Morgan fingerprint density at radius 2 is 1.85 bits per heavy atom. The molecule has 0 bridgehead atoms. The van der Waals surface area contributed by atoms with Gasteiger partial charge in [0.1, 0.15) is 11.6 Å². The summed E-state index contributed by atoms with van der Waals surface area (Å²) in [6.45, 7) is 2.75. The van der Waals surface area contributed by atoms with Crippen molar-refractivity contribution in [3.8, 4) is 5.75 Å². The molecule has 0 saturated carbocycles. The van der Waals surface area contributed by atoms with E-state index in [1.54, 1.807) is 7.11 Å². The number of nitrogens with zero attached hydrogens (tertiary/aromatic N) is 1. The molecular formula is C22H27FN2O2. The topological polar surface area (TPSA) is 41.6 Å². The van der Waals surface area contributed by atoms with Crippen molar-refractivity contribution in [1.29, 1.82) is 0 Å². The van der Waals surface area contributed by atoms with Gasteiger partial charge in [-0.05, 0) is 62.0 Å². The van der Waals surface area contributed by atoms with Crippen molar-refractivity contribution in [3.05, 3.63) is 65.5 Å². The second-order valence-corrected chi connectivity index (χ2v) is 7.14. The first-order chi connectivity index (χ1) is 13.1. The fraction of sp³-hybridized carbons (Fsp3) is 0.409. The minimum absolute atomic E-state index is 0.0397. The smallest absolute Gasteiger partial charge is 0.234 e. The van der Waals surface area contributed by atoms with Crippen LogP contribution in [0.5, 0.6) is 5.75 Å². The maximum Gasteiger partial charge on any atom is 0.234 e. The molecule has 0 spiro atoms. The lowest BCUT2D eigenvalue weighted by Crippen LogP contribution is -2.41. The summed E-state index contributed by atoms with van der Waals surface area (Å²) in [6.07, 6.45) is 3.11. The third-order valence-corrected chi connectivity index (χ3v) is 5.18. The molecule has 1 amide bonds. The molecule has 27 heavy (non-hydrogen) atoms. The van der Waals surface area contributed by atoms with Crippen LogP contribution in [0, 0.1) is 11.7 Å². The average molecular weight is 370 g/mol. The quantitative estimate of drug-likeness (QED) is 0.812. The lowest BCUT2D eigenvalue weighted by Gasteiger charge is -2.31. The zero-order valence-corrected chi connectivity index (χ0v) is 15.8. The van der Waals surface area contributed by atoms with Crippen molar-refractivity contribution in [3.63, 3.8) is 0 Å². The highest BCUT2D eigenvalue weighted by molar-refractivity contribution is 5.78. The fourth-order valence-electron chi connectivity index (χ4n) is 3.60. The van der Waals surface area contributed by atoms with Crippen LogP contribution in [0.2, 0.25) is 0 Å². The van der Waals surface area contributed by atoms with Gasteiger partial charge in [0.15, 0.2) is 0 Å². The molecule has 0 radical (unpaired) electrons. The second kappa shape index (κ2) is 9.51. The number of piperidine rings is 1. The molecule has 0 aromatic heterocycles. The number of methoxy groups -OCH3 is 1. The molecule has 0 aliphatic carbocycles. The zero-order valence-electron chi connectivity index (χ0n) is 15.8. The summed E-state index contributed by atoms with van der Waals surface area (Å²) in [6, 6.07) is 14.5. The van der Waals surface area contributed by atoms with Crippen molar-refractivity contribution in [1.82, 2.24) is 10.2 Å². The molecular weight excluding hydrogens is 343 g/mol. The molecule has 3 rings (SSSR count). The summed E-state index contributed by atoms with van der Waals surface area (Å²) in [5.41, 5.74) is 2.16. The first-order valence-electron chi connectivity index (χ1n) is 9.49. The van der Waals surface area contributed by atoms with Gasteiger partial charge in [0, 0.05) is 12.1 Å². The van der Waals surface area contributed by atoms with E-state index in [0.717, 1.165) is 43.7 Å². The Morgan fingerprint density at radius 1 is 1.15 bits per heavy atom. The normalized spacial score (nSPS) is 15.5. The number of hydrogen-bond donors (Lipinski definition) is 1. The third kappa shape index (κ3) is 5.79. The van der Waals surface area contributed by atoms with Gasteiger partial charge in [-0.1, -0.05) is 30.3 Å². The molecule has 1 saturated heterocycles. The van der Waals surface area contributed by atoms with Gasteiger partial charge in [0.25, 0.3) is 0 Å². The third-order valence-electron chi connectivity index (χ3n) is 5.18. The minimum atomic E-state index is -0.187. The predicted molar refractivity (Wildman–Crippen MR) is 104 cm³/mol. The highest BCUT2D eigenvalue weighted by Crippen LogP contribution is 2.22. The van der Waals surface area contributed by atoms with Gasteiger partial charge in [-0.25, -0.2) is 4.39 Å². The second-order valence-electron chi connectivity index (χ2n) is 7.14. The highest BCUT2D eigenvalue weighted by Gasteiger charge is 2.21. The largest absolute Gasteiger partial charge is 0.496 e. The lowest BCUT2D eigenvalue weighted by atomic mass is 9.90. The van der Waals surface area contributed by atoms with Crippen molar-refractivity contribution in [2.24, 2.45) is 5.92 Å². The molecule has 0 atom stereocenters. The molecule has 1 heterocycles. The number of halogens is 1. The van der Waals surface area contributed by atoms with E-state index in [0.29, 0.717) is 19.0 Å². The van der Waals surface area contributed by atoms with Crippen LogP contribution in [0.25, 0.3) is 0 Å². The highest BCUT2D eigenvalue weighted by atomic mass is 19.1. The summed E-state index contributed by atoms with van der Waals surface area (Å²) in [5.74, 6) is 1.24. The van der Waals surface area contributed by atoms with E-state index in [9.17, 15) is 9.18 Å². The van der Waals surface area contributed by atoms with Crippen LogP contribution in [-0.2, 0) is 17.8 Å². The summed E-state index contributed by atoms with van der Waals surface area (Å²) < 4.78 is 18.3. The number of nitrogens with one attached hydrogen (secondary N) is 1. The molecule has 4 nitrogen and oxygen atoms in total. The number of benzene rings is 2. The molecule has 2 aromatic rings. The first kappa shape index (κ1) is 19.4. The van der Waals surface area contributed by atoms with Gasteiger partial charge in [0.05, 0.1) is 13.7 Å². The molecule has 1 fully saturated rings. The number of likely N-dealkylation sites (tertiary alicyclic amines) is 1. The lowest BCUT2D eigenvalue weighted by molar-refractivity contribution is -0.122. The summed E-state index contributed by atoms with van der Waals surface area (Å²) in [4.78, 5) is 14.5. The Balaban J connectivity index is 1.39. The van der Waals surface area contributed by atoms with E-state index < -0.39 is 0 Å². The van der Waals surface area contributed by atoms with E-state index in [4.69, 9.17) is 4.74 Å². The predicted octanol–water partition coefficient (Wildman–Crippen LogP) is 3.41. The SMILES string of the molecule is COc1ccccc1CNC(=O)CN1CCC(Cc2ccc(F)cc2)CC1. The number of para-hydroxylation sites is 1. The number of ether oxygens (including phenoxy) is 1. The number of hydrogen-bond acceptors (Lipinski definition) is 3. The molecule has 1 aliphatic rings. The van der Waals surface area contributed by atoms with Gasteiger partial charge in [-0.2, -0.15) is 0 Å². The Kier molecular flexibility index (Phi) is 6.82. The maximum absolute atomic E-state index is 13.0. The van der Waals surface area contributed by atoms with Gasteiger partial charge in [-0.15, -0.1) is 0 Å². The Bertz CT molecular complexity index is 740. The van der Waals surface area contributed by atoms with E-state index >= 15 is 0 Å². The Hall–Kier alpha value is -2.40. The van der Waals surface area contributed by atoms with Crippen LogP contribution >= 0.6 is 0 Å². The molecule has 144 valence electrons. The van der Waals surface area contributed by atoms with Crippen LogP contribution in [-0.4, -0.2) is 37.6 Å². The van der Waals surface area contributed by atoms with Crippen LogP contribution in [0.15, 0.2) is 48.5 Å². The summed E-state index contributed by atoms with van der Waals surface area (Å²) in [7, 11) is 1.64. The van der Waals surface area contributed by atoms with Crippen molar-refractivity contribution >= 4 is 5.91 Å². The summed E-state index contributed by atoms with van der Waals surface area (Å²) >= 11 is 0.